The first-order chi connectivity index (χ1) is 14.9. The number of benzene rings is 3. The van der Waals surface area contributed by atoms with Crippen molar-refractivity contribution >= 4 is 26.6 Å². The number of hydrogen-bond donors (Lipinski definition) is 1. The highest BCUT2D eigenvalue weighted by molar-refractivity contribution is 7.91. The van der Waals surface area contributed by atoms with Gasteiger partial charge >= 0.3 is 0 Å². The number of halogens is 1. The lowest BCUT2D eigenvalue weighted by molar-refractivity contribution is -0.121. The second kappa shape index (κ2) is 8.73. The van der Waals surface area contributed by atoms with Crippen LogP contribution in [0, 0.1) is 5.82 Å². The lowest BCUT2D eigenvalue weighted by atomic mass is 10.1. The number of amides is 1. The largest absolute Gasteiger partial charge is 0.354 e. The molecule has 4 rings (SSSR count). The first-order valence-corrected chi connectivity index (χ1v) is 11.3. The molecule has 0 unspecified atom stereocenters. The van der Waals surface area contributed by atoms with Crippen LogP contribution in [0.1, 0.15) is 5.56 Å². The number of sulfone groups is 1. The summed E-state index contributed by atoms with van der Waals surface area (Å²) in [5, 5.41) is 3.40. The van der Waals surface area contributed by atoms with Gasteiger partial charge < -0.3 is 9.88 Å². The minimum Gasteiger partial charge on any atom is -0.354 e. The van der Waals surface area contributed by atoms with Crippen molar-refractivity contribution in [2.75, 3.05) is 6.54 Å². The Labute approximate surface area is 180 Å². The topological polar surface area (TPSA) is 68.2 Å². The maximum atomic E-state index is 13.2. The van der Waals surface area contributed by atoms with Crippen LogP contribution in [0.4, 0.5) is 4.39 Å². The number of nitrogens with zero attached hydrogens (tertiary/aromatic N) is 1. The Morgan fingerprint density at radius 2 is 1.58 bits per heavy atom. The summed E-state index contributed by atoms with van der Waals surface area (Å²) in [5.41, 5.74) is 1.77. The number of nitrogens with one attached hydrogen (secondary N) is 1. The average Bonchev–Trinajstić information content (AvgIpc) is 3.14. The Hall–Kier alpha value is -3.45. The SMILES string of the molecule is O=C(Cn1cc(S(=O)(=O)c2ccc(F)cc2)c2ccccc21)NCCc1ccccc1. The number of hydrogen-bond acceptors (Lipinski definition) is 3. The zero-order valence-electron chi connectivity index (χ0n) is 16.7. The quantitative estimate of drug-likeness (QED) is 0.446. The smallest absolute Gasteiger partial charge is 0.239 e. The summed E-state index contributed by atoms with van der Waals surface area (Å²) in [6, 6.07) is 21.6. The van der Waals surface area contributed by atoms with Crippen LogP contribution in [0.25, 0.3) is 10.9 Å². The molecule has 158 valence electrons. The molecule has 1 aromatic heterocycles. The molecule has 0 aliphatic carbocycles. The Morgan fingerprint density at radius 1 is 0.903 bits per heavy atom. The Bertz CT molecular complexity index is 1310. The molecule has 0 atom stereocenters. The van der Waals surface area contributed by atoms with Crippen LogP contribution in [0.15, 0.2) is 94.9 Å². The van der Waals surface area contributed by atoms with E-state index in [0.717, 1.165) is 17.7 Å². The van der Waals surface area contributed by atoms with Crippen molar-refractivity contribution < 1.29 is 17.6 Å². The Balaban J connectivity index is 1.56. The molecule has 1 amide bonds. The molecule has 0 bridgehead atoms. The molecule has 4 aromatic rings. The van der Waals surface area contributed by atoms with E-state index in [1.807, 2.05) is 30.3 Å². The number of rotatable bonds is 7. The molecule has 3 aromatic carbocycles. The van der Waals surface area contributed by atoms with E-state index >= 15 is 0 Å². The number of carbonyl (C=O) groups is 1. The van der Waals surface area contributed by atoms with E-state index in [2.05, 4.69) is 5.32 Å². The minimum absolute atomic E-state index is 0.00381. The van der Waals surface area contributed by atoms with Crippen molar-refractivity contribution in [1.29, 1.82) is 0 Å². The van der Waals surface area contributed by atoms with Crippen LogP contribution in [0.2, 0.25) is 0 Å². The molecule has 0 saturated heterocycles. The van der Waals surface area contributed by atoms with Crippen molar-refractivity contribution in [2.24, 2.45) is 0 Å². The van der Waals surface area contributed by atoms with Gasteiger partial charge in [-0.15, -0.1) is 0 Å². The summed E-state index contributed by atoms with van der Waals surface area (Å²) in [4.78, 5) is 12.6. The highest BCUT2D eigenvalue weighted by atomic mass is 32.2. The van der Waals surface area contributed by atoms with Gasteiger partial charge in [0.15, 0.2) is 0 Å². The monoisotopic (exact) mass is 436 g/mol. The Morgan fingerprint density at radius 3 is 2.32 bits per heavy atom. The molecule has 0 aliphatic rings. The van der Waals surface area contributed by atoms with Crippen LogP contribution >= 0.6 is 0 Å². The highest BCUT2D eigenvalue weighted by Crippen LogP contribution is 2.30. The average molecular weight is 437 g/mol. The lowest BCUT2D eigenvalue weighted by Gasteiger charge is -2.07. The number of fused-ring (bicyclic) bond motifs is 1. The van der Waals surface area contributed by atoms with Crippen LogP contribution in [-0.4, -0.2) is 25.4 Å². The second-order valence-electron chi connectivity index (χ2n) is 7.18. The first kappa shape index (κ1) is 20.8. The summed E-state index contributed by atoms with van der Waals surface area (Å²) >= 11 is 0. The van der Waals surface area contributed by atoms with Gasteiger partial charge in [0.05, 0.1) is 9.79 Å². The van der Waals surface area contributed by atoms with Gasteiger partial charge in [0.2, 0.25) is 15.7 Å². The summed E-state index contributed by atoms with van der Waals surface area (Å²) in [6.07, 6.45) is 2.18. The maximum absolute atomic E-state index is 13.2. The summed E-state index contributed by atoms with van der Waals surface area (Å²) in [6.45, 7) is 0.483. The van der Waals surface area contributed by atoms with Crippen molar-refractivity contribution in [3.05, 3.63) is 96.4 Å². The van der Waals surface area contributed by atoms with Gasteiger partial charge in [-0.1, -0.05) is 48.5 Å². The highest BCUT2D eigenvalue weighted by Gasteiger charge is 2.23. The predicted molar refractivity (Wildman–Crippen MR) is 117 cm³/mol. The molecule has 31 heavy (non-hydrogen) atoms. The molecule has 1 heterocycles. The van der Waals surface area contributed by atoms with Crippen molar-refractivity contribution in [3.8, 4) is 0 Å². The fourth-order valence-electron chi connectivity index (χ4n) is 3.50. The van der Waals surface area contributed by atoms with E-state index in [9.17, 15) is 17.6 Å². The summed E-state index contributed by atoms with van der Waals surface area (Å²) in [7, 11) is -3.87. The zero-order chi connectivity index (χ0) is 21.8. The fraction of sp³-hybridized carbons (Fsp3) is 0.125. The second-order valence-corrected chi connectivity index (χ2v) is 9.10. The molecule has 0 spiro atoms. The molecular weight excluding hydrogens is 415 g/mol. The van der Waals surface area contributed by atoms with E-state index in [0.29, 0.717) is 23.9 Å². The normalized spacial score (nSPS) is 11.5. The van der Waals surface area contributed by atoms with E-state index in [1.54, 1.807) is 28.8 Å². The van der Waals surface area contributed by atoms with Crippen LogP contribution in [0.5, 0.6) is 0 Å². The molecular formula is C24H21FN2O3S. The van der Waals surface area contributed by atoms with Crippen LogP contribution in [-0.2, 0) is 27.6 Å². The van der Waals surface area contributed by atoms with Crippen LogP contribution in [0.3, 0.4) is 0 Å². The summed E-state index contributed by atoms with van der Waals surface area (Å²) < 4.78 is 41.2. The van der Waals surface area contributed by atoms with Gasteiger partial charge in [0.1, 0.15) is 12.4 Å². The van der Waals surface area contributed by atoms with E-state index < -0.39 is 15.7 Å². The van der Waals surface area contributed by atoms with E-state index in [-0.39, 0.29) is 22.2 Å². The van der Waals surface area contributed by atoms with Gasteiger partial charge in [0.25, 0.3) is 0 Å². The van der Waals surface area contributed by atoms with Crippen molar-refractivity contribution in [3.63, 3.8) is 0 Å². The predicted octanol–water partition coefficient (Wildman–Crippen LogP) is 3.97. The maximum Gasteiger partial charge on any atom is 0.239 e. The zero-order valence-corrected chi connectivity index (χ0v) is 17.5. The molecule has 0 fully saturated rings. The summed E-state index contributed by atoms with van der Waals surface area (Å²) in [5.74, 6) is -0.712. The third-order valence-corrected chi connectivity index (χ3v) is 6.86. The number of carbonyl (C=O) groups excluding carboxylic acids is 1. The van der Waals surface area contributed by atoms with Gasteiger partial charge in [-0.2, -0.15) is 0 Å². The Kier molecular flexibility index (Phi) is 5.86. The van der Waals surface area contributed by atoms with Crippen molar-refractivity contribution in [2.45, 2.75) is 22.8 Å². The van der Waals surface area contributed by atoms with Crippen molar-refractivity contribution in [1.82, 2.24) is 9.88 Å². The number of aromatic nitrogens is 1. The third-order valence-electron chi connectivity index (χ3n) is 5.06. The van der Waals surface area contributed by atoms with E-state index in [4.69, 9.17) is 0 Å². The molecule has 7 heteroatoms. The molecule has 0 radical (unpaired) electrons. The van der Waals surface area contributed by atoms with Gasteiger partial charge in [-0.25, -0.2) is 12.8 Å². The van der Waals surface area contributed by atoms with Gasteiger partial charge in [-0.05, 0) is 42.3 Å². The van der Waals surface area contributed by atoms with Gasteiger partial charge in [-0.3, -0.25) is 4.79 Å². The van der Waals surface area contributed by atoms with E-state index in [1.165, 1.54) is 18.3 Å². The molecule has 5 nitrogen and oxygen atoms in total. The third kappa shape index (κ3) is 4.51. The van der Waals surface area contributed by atoms with Crippen LogP contribution < -0.4 is 5.32 Å². The standard InChI is InChI=1S/C24H21FN2O3S/c25-19-10-12-20(13-11-19)31(29,30)23-16-27(22-9-5-4-8-21(22)23)17-24(28)26-15-14-18-6-2-1-3-7-18/h1-13,16H,14-15,17H2,(H,26,28). The number of para-hydroxylation sites is 1. The lowest BCUT2D eigenvalue weighted by Crippen LogP contribution is -2.29. The fourth-order valence-corrected chi connectivity index (χ4v) is 4.98. The van der Waals surface area contributed by atoms with Gasteiger partial charge in [0, 0.05) is 23.6 Å². The molecule has 0 saturated carbocycles. The molecule has 0 aliphatic heterocycles. The minimum atomic E-state index is -3.87. The first-order valence-electron chi connectivity index (χ1n) is 9.84. The molecule has 1 N–H and O–H groups in total.